The molecule has 0 bridgehead atoms. The summed E-state index contributed by atoms with van der Waals surface area (Å²) in [4.78, 5) is 15.8. The van der Waals surface area contributed by atoms with E-state index >= 15 is 0 Å². The number of pyridine rings is 1. The molecule has 0 unspecified atom stereocenters. The van der Waals surface area contributed by atoms with Gasteiger partial charge in [0.1, 0.15) is 5.75 Å². The Morgan fingerprint density at radius 3 is 2.84 bits per heavy atom. The quantitative estimate of drug-likeness (QED) is 0.860. The second-order valence-corrected chi connectivity index (χ2v) is 4.27. The minimum atomic E-state index is -0.0194. The number of rotatable bonds is 5. The molecular formula is C15H16N2O2. The molecule has 0 aliphatic rings. The Hall–Kier alpha value is -2.36. The normalized spacial score (nSPS) is 10.1. The first-order chi connectivity index (χ1) is 9.24. The van der Waals surface area contributed by atoms with Crippen LogP contribution in [0.15, 0.2) is 48.7 Å². The number of hydrogen-bond donors (Lipinski definition) is 2. The Balaban J connectivity index is 1.76. The van der Waals surface area contributed by atoms with E-state index in [1.165, 1.54) is 0 Å². The van der Waals surface area contributed by atoms with E-state index in [1.54, 1.807) is 24.4 Å². The molecule has 0 spiro atoms. The van der Waals surface area contributed by atoms with E-state index in [-0.39, 0.29) is 11.7 Å². The van der Waals surface area contributed by atoms with E-state index in [9.17, 15) is 9.90 Å². The van der Waals surface area contributed by atoms with Gasteiger partial charge in [0.05, 0.1) is 0 Å². The molecular weight excluding hydrogens is 240 g/mol. The third-order valence-corrected chi connectivity index (χ3v) is 2.73. The highest BCUT2D eigenvalue weighted by Crippen LogP contribution is 2.10. The SMILES string of the molecule is O=C(CCc1ccccn1)NCc1cccc(O)c1. The lowest BCUT2D eigenvalue weighted by Gasteiger charge is -2.05. The molecule has 1 aromatic carbocycles. The number of phenolic OH excluding ortho intramolecular Hbond substituents is 1. The summed E-state index contributed by atoms with van der Waals surface area (Å²) < 4.78 is 0. The number of carbonyl (C=O) groups is 1. The predicted molar refractivity (Wildman–Crippen MR) is 72.5 cm³/mol. The van der Waals surface area contributed by atoms with Crippen LogP contribution in [0.25, 0.3) is 0 Å². The zero-order valence-electron chi connectivity index (χ0n) is 10.5. The first kappa shape index (κ1) is 13.1. The van der Waals surface area contributed by atoms with Crippen molar-refractivity contribution in [2.75, 3.05) is 0 Å². The van der Waals surface area contributed by atoms with Gasteiger partial charge in [0.15, 0.2) is 0 Å². The molecule has 19 heavy (non-hydrogen) atoms. The van der Waals surface area contributed by atoms with Gasteiger partial charge in [-0.05, 0) is 36.2 Å². The lowest BCUT2D eigenvalue weighted by Crippen LogP contribution is -2.23. The molecule has 2 N–H and O–H groups in total. The zero-order valence-corrected chi connectivity index (χ0v) is 10.5. The molecule has 0 aliphatic heterocycles. The number of amides is 1. The summed E-state index contributed by atoms with van der Waals surface area (Å²) in [6.45, 7) is 0.426. The van der Waals surface area contributed by atoms with Crippen LogP contribution >= 0.6 is 0 Å². The third kappa shape index (κ3) is 4.43. The fourth-order valence-electron chi connectivity index (χ4n) is 1.74. The van der Waals surface area contributed by atoms with Crippen LogP contribution in [0.5, 0.6) is 5.75 Å². The Kier molecular flexibility index (Phi) is 4.50. The first-order valence-electron chi connectivity index (χ1n) is 6.18. The van der Waals surface area contributed by atoms with Gasteiger partial charge in [-0.1, -0.05) is 18.2 Å². The summed E-state index contributed by atoms with van der Waals surface area (Å²) in [5, 5.41) is 12.1. The lowest BCUT2D eigenvalue weighted by molar-refractivity contribution is -0.121. The molecule has 0 fully saturated rings. The number of aromatic nitrogens is 1. The number of hydrogen-bond acceptors (Lipinski definition) is 3. The van der Waals surface area contributed by atoms with E-state index in [2.05, 4.69) is 10.3 Å². The van der Waals surface area contributed by atoms with Crippen LogP contribution in [0.3, 0.4) is 0 Å². The molecule has 0 saturated carbocycles. The van der Waals surface area contributed by atoms with E-state index in [1.807, 2.05) is 24.3 Å². The Bertz CT molecular complexity index is 541. The molecule has 4 nitrogen and oxygen atoms in total. The van der Waals surface area contributed by atoms with Gasteiger partial charge >= 0.3 is 0 Å². The molecule has 0 aliphatic carbocycles. The van der Waals surface area contributed by atoms with Crippen molar-refractivity contribution in [1.82, 2.24) is 10.3 Å². The largest absolute Gasteiger partial charge is 0.508 e. The minimum absolute atomic E-state index is 0.0194. The van der Waals surface area contributed by atoms with Crippen LogP contribution in [-0.2, 0) is 17.8 Å². The van der Waals surface area contributed by atoms with E-state index in [4.69, 9.17) is 0 Å². The summed E-state index contributed by atoms with van der Waals surface area (Å²) in [6.07, 6.45) is 2.77. The summed E-state index contributed by atoms with van der Waals surface area (Å²) in [7, 11) is 0. The maximum absolute atomic E-state index is 11.7. The fraction of sp³-hybridized carbons (Fsp3) is 0.200. The number of benzene rings is 1. The molecule has 0 atom stereocenters. The van der Waals surface area contributed by atoms with Crippen LogP contribution in [0.4, 0.5) is 0 Å². The summed E-state index contributed by atoms with van der Waals surface area (Å²) >= 11 is 0. The van der Waals surface area contributed by atoms with E-state index in [0.29, 0.717) is 19.4 Å². The van der Waals surface area contributed by atoms with Crippen molar-refractivity contribution in [2.24, 2.45) is 0 Å². The van der Waals surface area contributed by atoms with Crippen LogP contribution in [0.2, 0.25) is 0 Å². The van der Waals surface area contributed by atoms with Gasteiger partial charge in [-0.15, -0.1) is 0 Å². The molecule has 1 aromatic heterocycles. The maximum Gasteiger partial charge on any atom is 0.220 e. The average molecular weight is 256 g/mol. The minimum Gasteiger partial charge on any atom is -0.508 e. The van der Waals surface area contributed by atoms with Crippen LogP contribution in [0, 0.1) is 0 Å². The topological polar surface area (TPSA) is 62.2 Å². The van der Waals surface area contributed by atoms with Crippen molar-refractivity contribution >= 4 is 5.91 Å². The van der Waals surface area contributed by atoms with Gasteiger partial charge in [-0.3, -0.25) is 9.78 Å². The molecule has 1 heterocycles. The molecule has 2 aromatic rings. The summed E-state index contributed by atoms with van der Waals surface area (Å²) in [5.74, 6) is 0.189. The number of nitrogens with zero attached hydrogens (tertiary/aromatic N) is 1. The smallest absolute Gasteiger partial charge is 0.220 e. The summed E-state index contributed by atoms with van der Waals surface area (Å²) in [6, 6.07) is 12.5. The van der Waals surface area contributed by atoms with Crippen molar-refractivity contribution in [2.45, 2.75) is 19.4 Å². The van der Waals surface area contributed by atoms with E-state index < -0.39 is 0 Å². The fourth-order valence-corrected chi connectivity index (χ4v) is 1.74. The van der Waals surface area contributed by atoms with Gasteiger partial charge in [0.2, 0.25) is 5.91 Å². The van der Waals surface area contributed by atoms with Gasteiger partial charge in [0.25, 0.3) is 0 Å². The second-order valence-electron chi connectivity index (χ2n) is 4.27. The highest BCUT2D eigenvalue weighted by atomic mass is 16.3. The third-order valence-electron chi connectivity index (χ3n) is 2.73. The van der Waals surface area contributed by atoms with Gasteiger partial charge in [0, 0.05) is 24.9 Å². The van der Waals surface area contributed by atoms with Crippen molar-refractivity contribution in [3.63, 3.8) is 0 Å². The molecule has 98 valence electrons. The van der Waals surface area contributed by atoms with Crippen molar-refractivity contribution < 1.29 is 9.90 Å². The van der Waals surface area contributed by atoms with Crippen molar-refractivity contribution in [3.05, 3.63) is 59.9 Å². The average Bonchev–Trinajstić information content (AvgIpc) is 2.44. The van der Waals surface area contributed by atoms with Gasteiger partial charge in [-0.25, -0.2) is 0 Å². The second kappa shape index (κ2) is 6.54. The maximum atomic E-state index is 11.7. The number of aryl methyl sites for hydroxylation is 1. The zero-order chi connectivity index (χ0) is 13.5. The molecule has 0 radical (unpaired) electrons. The molecule has 4 heteroatoms. The first-order valence-corrected chi connectivity index (χ1v) is 6.18. The monoisotopic (exact) mass is 256 g/mol. The van der Waals surface area contributed by atoms with Crippen LogP contribution in [0.1, 0.15) is 17.7 Å². The van der Waals surface area contributed by atoms with E-state index in [0.717, 1.165) is 11.3 Å². The Morgan fingerprint density at radius 1 is 1.21 bits per heavy atom. The number of aromatic hydroxyl groups is 1. The molecule has 0 saturated heterocycles. The van der Waals surface area contributed by atoms with Gasteiger partial charge in [-0.2, -0.15) is 0 Å². The highest BCUT2D eigenvalue weighted by Gasteiger charge is 2.03. The Labute approximate surface area is 112 Å². The number of carbonyl (C=O) groups excluding carboxylic acids is 1. The number of nitrogens with one attached hydrogen (secondary N) is 1. The van der Waals surface area contributed by atoms with Crippen molar-refractivity contribution in [3.8, 4) is 5.75 Å². The standard InChI is InChI=1S/C15H16N2O2/c18-14-6-3-4-12(10-14)11-17-15(19)8-7-13-5-1-2-9-16-13/h1-6,9-10,18H,7-8,11H2,(H,17,19). The predicted octanol–water partition coefficient (Wildman–Crippen LogP) is 2.04. The van der Waals surface area contributed by atoms with Crippen LogP contribution in [-0.4, -0.2) is 16.0 Å². The number of phenols is 1. The highest BCUT2D eigenvalue weighted by molar-refractivity contribution is 5.76. The van der Waals surface area contributed by atoms with Crippen molar-refractivity contribution in [1.29, 1.82) is 0 Å². The lowest BCUT2D eigenvalue weighted by atomic mass is 10.2. The Morgan fingerprint density at radius 2 is 2.11 bits per heavy atom. The molecule has 2 rings (SSSR count). The summed E-state index contributed by atoms with van der Waals surface area (Å²) in [5.41, 5.74) is 1.79. The van der Waals surface area contributed by atoms with Crippen LogP contribution < -0.4 is 5.32 Å². The molecule has 1 amide bonds. The van der Waals surface area contributed by atoms with Gasteiger partial charge < -0.3 is 10.4 Å².